The zero-order valence-electron chi connectivity index (χ0n) is 12.2. The molecule has 1 saturated carbocycles. The first-order chi connectivity index (χ1) is 8.28. The molecular weight excluding hydrogens is 228 g/mol. The SMILES string of the molecule is CCN(C(=O)C1(N)C2CCOC2C1(C)C)C(C)C. The standard InChI is InChI=1S/C14H26N2O2/c1-6-16(9(2)3)12(17)14(15)10-7-8-18-11(10)13(14,4)5/h9-11H,6-8,15H2,1-5H3. The minimum atomic E-state index is -0.756. The maximum atomic E-state index is 12.8. The van der Waals surface area contributed by atoms with E-state index in [0.29, 0.717) is 6.54 Å². The highest BCUT2D eigenvalue weighted by atomic mass is 16.5. The lowest BCUT2D eigenvalue weighted by Crippen LogP contribution is -2.80. The molecule has 3 atom stereocenters. The van der Waals surface area contributed by atoms with Crippen molar-refractivity contribution in [2.24, 2.45) is 17.1 Å². The molecule has 1 saturated heterocycles. The van der Waals surface area contributed by atoms with Gasteiger partial charge in [-0.3, -0.25) is 4.79 Å². The summed E-state index contributed by atoms with van der Waals surface area (Å²) in [4.78, 5) is 14.7. The molecule has 0 aromatic heterocycles. The summed E-state index contributed by atoms with van der Waals surface area (Å²) in [6.07, 6.45) is 1.06. The fraction of sp³-hybridized carbons (Fsp3) is 0.929. The largest absolute Gasteiger partial charge is 0.377 e. The lowest BCUT2D eigenvalue weighted by Gasteiger charge is -2.61. The number of likely N-dealkylation sites (N-methyl/N-ethyl adjacent to an activating group) is 1. The normalized spacial score (nSPS) is 37.3. The van der Waals surface area contributed by atoms with Gasteiger partial charge in [0.05, 0.1) is 6.10 Å². The van der Waals surface area contributed by atoms with E-state index in [9.17, 15) is 4.79 Å². The zero-order valence-corrected chi connectivity index (χ0v) is 12.2. The van der Waals surface area contributed by atoms with Gasteiger partial charge in [0.2, 0.25) is 5.91 Å². The molecule has 18 heavy (non-hydrogen) atoms. The van der Waals surface area contributed by atoms with Crippen molar-refractivity contribution >= 4 is 5.91 Å². The van der Waals surface area contributed by atoms with Crippen molar-refractivity contribution in [2.45, 2.75) is 58.7 Å². The van der Waals surface area contributed by atoms with Gasteiger partial charge in [-0.05, 0) is 27.2 Å². The van der Waals surface area contributed by atoms with Gasteiger partial charge in [-0.2, -0.15) is 0 Å². The quantitative estimate of drug-likeness (QED) is 0.828. The van der Waals surface area contributed by atoms with E-state index in [2.05, 4.69) is 13.8 Å². The van der Waals surface area contributed by atoms with Crippen LogP contribution < -0.4 is 5.73 Å². The van der Waals surface area contributed by atoms with Crippen molar-refractivity contribution in [1.29, 1.82) is 0 Å². The molecule has 104 valence electrons. The maximum absolute atomic E-state index is 12.8. The van der Waals surface area contributed by atoms with Crippen LogP contribution in [0.3, 0.4) is 0 Å². The van der Waals surface area contributed by atoms with Crippen LogP contribution >= 0.6 is 0 Å². The summed E-state index contributed by atoms with van der Waals surface area (Å²) in [7, 11) is 0. The number of nitrogens with zero attached hydrogens (tertiary/aromatic N) is 1. The third-order valence-corrected chi connectivity index (χ3v) is 5.03. The van der Waals surface area contributed by atoms with Gasteiger partial charge in [0.15, 0.2) is 0 Å². The second kappa shape index (κ2) is 4.20. The van der Waals surface area contributed by atoms with Gasteiger partial charge in [-0.15, -0.1) is 0 Å². The molecule has 2 fully saturated rings. The molecule has 2 rings (SSSR count). The molecule has 1 aliphatic heterocycles. The van der Waals surface area contributed by atoms with Gasteiger partial charge in [-0.1, -0.05) is 13.8 Å². The molecule has 3 unspecified atom stereocenters. The molecule has 0 aromatic rings. The van der Waals surface area contributed by atoms with Crippen LogP contribution in [0.25, 0.3) is 0 Å². The Morgan fingerprint density at radius 3 is 2.61 bits per heavy atom. The monoisotopic (exact) mass is 254 g/mol. The second-order valence-electron chi connectivity index (χ2n) is 6.46. The average Bonchev–Trinajstić information content (AvgIpc) is 2.75. The summed E-state index contributed by atoms with van der Waals surface area (Å²) in [5, 5.41) is 0. The Hall–Kier alpha value is -0.610. The second-order valence-corrected chi connectivity index (χ2v) is 6.46. The fourth-order valence-corrected chi connectivity index (χ4v) is 3.80. The Balaban J connectivity index is 2.28. The van der Waals surface area contributed by atoms with Gasteiger partial charge < -0.3 is 15.4 Å². The number of carbonyl (C=O) groups excluding carboxylic acids is 1. The van der Waals surface area contributed by atoms with Crippen LogP contribution in [0.15, 0.2) is 0 Å². The van der Waals surface area contributed by atoms with Crippen molar-refractivity contribution in [1.82, 2.24) is 4.90 Å². The highest BCUT2D eigenvalue weighted by molar-refractivity contribution is 5.89. The van der Waals surface area contributed by atoms with Crippen molar-refractivity contribution in [2.75, 3.05) is 13.2 Å². The molecule has 0 spiro atoms. The minimum Gasteiger partial charge on any atom is -0.377 e. The van der Waals surface area contributed by atoms with E-state index in [0.717, 1.165) is 13.0 Å². The van der Waals surface area contributed by atoms with Crippen LogP contribution in [0, 0.1) is 11.3 Å². The Morgan fingerprint density at radius 1 is 1.50 bits per heavy atom. The van der Waals surface area contributed by atoms with Crippen LogP contribution in [0.2, 0.25) is 0 Å². The van der Waals surface area contributed by atoms with Crippen molar-refractivity contribution in [3.8, 4) is 0 Å². The highest BCUT2D eigenvalue weighted by Crippen LogP contribution is 2.58. The average molecular weight is 254 g/mol. The summed E-state index contributed by atoms with van der Waals surface area (Å²) in [5.74, 6) is 0.282. The molecule has 1 amide bonds. The fourth-order valence-electron chi connectivity index (χ4n) is 3.80. The molecule has 1 heterocycles. The molecule has 2 N–H and O–H groups in total. The van der Waals surface area contributed by atoms with Gasteiger partial charge in [-0.25, -0.2) is 0 Å². The van der Waals surface area contributed by atoms with Gasteiger partial charge >= 0.3 is 0 Å². The molecule has 0 radical (unpaired) electrons. The van der Waals surface area contributed by atoms with E-state index < -0.39 is 5.54 Å². The maximum Gasteiger partial charge on any atom is 0.243 e. The Bertz CT molecular complexity index is 354. The molecule has 2 aliphatic rings. The van der Waals surface area contributed by atoms with Gasteiger partial charge in [0.1, 0.15) is 5.54 Å². The zero-order chi connectivity index (χ0) is 13.7. The number of carbonyl (C=O) groups is 1. The van der Waals surface area contributed by atoms with Gasteiger partial charge in [0.25, 0.3) is 0 Å². The van der Waals surface area contributed by atoms with E-state index in [-0.39, 0.29) is 29.4 Å². The van der Waals surface area contributed by atoms with Crippen molar-refractivity contribution < 1.29 is 9.53 Å². The molecule has 4 nitrogen and oxygen atoms in total. The number of ether oxygens (including phenoxy) is 1. The molecule has 4 heteroatoms. The van der Waals surface area contributed by atoms with Crippen molar-refractivity contribution in [3.05, 3.63) is 0 Å². The number of rotatable bonds is 3. The first-order valence-electron chi connectivity index (χ1n) is 7.00. The third-order valence-electron chi connectivity index (χ3n) is 5.03. The highest BCUT2D eigenvalue weighted by Gasteiger charge is 2.71. The van der Waals surface area contributed by atoms with Crippen LogP contribution in [-0.2, 0) is 9.53 Å². The summed E-state index contributed by atoms with van der Waals surface area (Å²) in [6.45, 7) is 11.7. The lowest BCUT2D eigenvalue weighted by molar-refractivity contribution is -0.185. The van der Waals surface area contributed by atoms with E-state index in [4.69, 9.17) is 10.5 Å². The van der Waals surface area contributed by atoms with E-state index in [1.165, 1.54) is 0 Å². The smallest absolute Gasteiger partial charge is 0.243 e. The van der Waals surface area contributed by atoms with Gasteiger partial charge in [0, 0.05) is 30.5 Å². The third kappa shape index (κ3) is 1.48. The molecule has 1 aliphatic carbocycles. The minimum absolute atomic E-state index is 0.0942. The summed E-state index contributed by atoms with van der Waals surface area (Å²) >= 11 is 0. The van der Waals surface area contributed by atoms with E-state index in [1.54, 1.807) is 0 Å². The Labute approximate surface area is 110 Å². The number of nitrogens with two attached hydrogens (primary N) is 1. The number of hydrogen-bond acceptors (Lipinski definition) is 3. The van der Waals surface area contributed by atoms with Crippen LogP contribution in [0.5, 0.6) is 0 Å². The van der Waals surface area contributed by atoms with Crippen LogP contribution in [0.1, 0.15) is 41.0 Å². The number of amides is 1. The Kier molecular flexibility index (Phi) is 3.23. The summed E-state index contributed by atoms with van der Waals surface area (Å²) in [5.41, 5.74) is 5.53. The van der Waals surface area contributed by atoms with E-state index in [1.807, 2.05) is 25.7 Å². The van der Waals surface area contributed by atoms with Crippen LogP contribution in [0.4, 0.5) is 0 Å². The Morgan fingerprint density at radius 2 is 2.11 bits per heavy atom. The predicted molar refractivity (Wildman–Crippen MR) is 71.1 cm³/mol. The first kappa shape index (κ1) is 13.8. The predicted octanol–water partition coefficient (Wildman–Crippen LogP) is 1.39. The number of hydrogen-bond donors (Lipinski definition) is 1. The summed E-state index contributed by atoms with van der Waals surface area (Å²) < 4.78 is 5.74. The summed E-state index contributed by atoms with van der Waals surface area (Å²) in [6, 6.07) is 0.195. The molecular formula is C14H26N2O2. The molecule has 0 bridgehead atoms. The van der Waals surface area contributed by atoms with Crippen LogP contribution in [-0.4, -0.2) is 41.6 Å². The van der Waals surface area contributed by atoms with E-state index >= 15 is 0 Å². The first-order valence-corrected chi connectivity index (χ1v) is 7.00. The van der Waals surface area contributed by atoms with Crippen molar-refractivity contribution in [3.63, 3.8) is 0 Å². The number of fused-ring (bicyclic) bond motifs is 1. The topological polar surface area (TPSA) is 55.6 Å². The lowest BCUT2D eigenvalue weighted by atomic mass is 9.47. The molecule has 0 aromatic carbocycles.